The average Bonchev–Trinajstić information content (AvgIpc) is 2.75. The first kappa shape index (κ1) is 13.1. The molecule has 21 heavy (non-hydrogen) atoms. The Bertz CT molecular complexity index is 715. The van der Waals surface area contributed by atoms with Gasteiger partial charge in [-0.25, -0.2) is 14.1 Å². The molecule has 2 aromatic rings. The molecule has 1 saturated heterocycles. The first-order chi connectivity index (χ1) is 10.1. The molecule has 2 N–H and O–H groups in total. The molecule has 3 amide bonds. The Morgan fingerprint density at radius 1 is 1.10 bits per heavy atom. The minimum Gasteiger partial charge on any atom is -0.508 e. The Kier molecular flexibility index (Phi) is 3.06. The van der Waals surface area contributed by atoms with Crippen molar-refractivity contribution in [3.8, 4) is 5.75 Å². The number of anilines is 1. The van der Waals surface area contributed by atoms with Gasteiger partial charge in [0.1, 0.15) is 17.6 Å². The van der Waals surface area contributed by atoms with Gasteiger partial charge in [0.2, 0.25) is 0 Å². The van der Waals surface area contributed by atoms with E-state index >= 15 is 0 Å². The zero-order valence-corrected chi connectivity index (χ0v) is 10.8. The molecule has 106 valence electrons. The molecule has 0 aliphatic carbocycles. The van der Waals surface area contributed by atoms with E-state index in [-0.39, 0.29) is 5.75 Å². The van der Waals surface area contributed by atoms with Gasteiger partial charge in [-0.15, -0.1) is 0 Å². The third-order valence-electron chi connectivity index (χ3n) is 3.23. The Morgan fingerprint density at radius 3 is 2.48 bits per heavy atom. The molecule has 1 atom stereocenters. The highest BCUT2D eigenvalue weighted by Gasteiger charge is 2.39. The Balaban J connectivity index is 1.94. The van der Waals surface area contributed by atoms with Gasteiger partial charge in [0.15, 0.2) is 0 Å². The van der Waals surface area contributed by atoms with Crippen molar-refractivity contribution in [1.82, 2.24) is 5.32 Å². The van der Waals surface area contributed by atoms with Crippen molar-refractivity contribution in [3.05, 3.63) is 59.9 Å². The highest BCUT2D eigenvalue weighted by molar-refractivity contribution is 6.21. The quantitative estimate of drug-likeness (QED) is 0.832. The van der Waals surface area contributed by atoms with E-state index in [1.165, 1.54) is 36.4 Å². The first-order valence-electron chi connectivity index (χ1n) is 6.25. The van der Waals surface area contributed by atoms with Gasteiger partial charge in [-0.3, -0.25) is 4.79 Å². The second kappa shape index (κ2) is 4.90. The molecule has 6 heteroatoms. The van der Waals surface area contributed by atoms with Crippen molar-refractivity contribution < 1.29 is 19.1 Å². The van der Waals surface area contributed by atoms with Crippen LogP contribution in [0.3, 0.4) is 0 Å². The van der Waals surface area contributed by atoms with Crippen LogP contribution in [0.1, 0.15) is 11.6 Å². The van der Waals surface area contributed by atoms with Gasteiger partial charge in [0.25, 0.3) is 5.91 Å². The van der Waals surface area contributed by atoms with Crippen molar-refractivity contribution in [2.24, 2.45) is 0 Å². The summed E-state index contributed by atoms with van der Waals surface area (Å²) < 4.78 is 12.9. The van der Waals surface area contributed by atoms with Crippen molar-refractivity contribution in [3.63, 3.8) is 0 Å². The lowest BCUT2D eigenvalue weighted by atomic mass is 10.1. The SMILES string of the molecule is O=C1NC(c2cccc(O)c2)C(=O)N1c1ccc(F)cc1. The van der Waals surface area contributed by atoms with Crippen LogP contribution in [-0.4, -0.2) is 17.0 Å². The van der Waals surface area contributed by atoms with Crippen molar-refractivity contribution in [1.29, 1.82) is 0 Å². The minimum absolute atomic E-state index is 0.00906. The summed E-state index contributed by atoms with van der Waals surface area (Å²) in [5.41, 5.74) is 0.777. The predicted molar refractivity (Wildman–Crippen MR) is 73.3 cm³/mol. The van der Waals surface area contributed by atoms with E-state index in [0.29, 0.717) is 11.3 Å². The van der Waals surface area contributed by atoms with E-state index in [1.54, 1.807) is 12.1 Å². The topological polar surface area (TPSA) is 69.6 Å². The number of phenols is 1. The summed E-state index contributed by atoms with van der Waals surface area (Å²) in [5, 5.41) is 12.0. The zero-order valence-electron chi connectivity index (χ0n) is 10.8. The van der Waals surface area contributed by atoms with E-state index in [1.807, 2.05) is 0 Å². The number of carbonyl (C=O) groups excluding carboxylic acids is 2. The van der Waals surface area contributed by atoms with Crippen LogP contribution < -0.4 is 10.2 Å². The molecule has 1 aliphatic heterocycles. The van der Waals surface area contributed by atoms with Crippen LogP contribution in [-0.2, 0) is 4.79 Å². The maximum absolute atomic E-state index is 12.9. The second-order valence-electron chi connectivity index (χ2n) is 4.63. The molecule has 0 bridgehead atoms. The fourth-order valence-electron chi connectivity index (χ4n) is 2.24. The molecule has 0 spiro atoms. The molecule has 0 radical (unpaired) electrons. The summed E-state index contributed by atoms with van der Waals surface area (Å²) in [6.07, 6.45) is 0. The molecular formula is C15H11FN2O3. The molecule has 3 rings (SSSR count). The van der Waals surface area contributed by atoms with Crippen molar-refractivity contribution in [2.75, 3.05) is 4.90 Å². The first-order valence-corrected chi connectivity index (χ1v) is 6.25. The van der Waals surface area contributed by atoms with Crippen LogP contribution in [0.25, 0.3) is 0 Å². The van der Waals surface area contributed by atoms with Crippen LogP contribution >= 0.6 is 0 Å². The minimum atomic E-state index is -0.866. The summed E-state index contributed by atoms with van der Waals surface area (Å²) >= 11 is 0. The van der Waals surface area contributed by atoms with E-state index in [2.05, 4.69) is 5.32 Å². The van der Waals surface area contributed by atoms with Crippen LogP contribution in [0.2, 0.25) is 0 Å². The number of nitrogens with zero attached hydrogens (tertiary/aromatic N) is 1. The van der Waals surface area contributed by atoms with Gasteiger partial charge in [0, 0.05) is 0 Å². The van der Waals surface area contributed by atoms with Gasteiger partial charge in [-0.2, -0.15) is 0 Å². The molecule has 1 unspecified atom stereocenters. The number of nitrogens with one attached hydrogen (secondary N) is 1. The molecule has 1 aliphatic rings. The van der Waals surface area contributed by atoms with E-state index in [4.69, 9.17) is 0 Å². The van der Waals surface area contributed by atoms with Crippen LogP contribution in [0, 0.1) is 5.82 Å². The largest absolute Gasteiger partial charge is 0.508 e. The number of urea groups is 1. The molecule has 0 saturated carbocycles. The number of hydrogen-bond donors (Lipinski definition) is 2. The summed E-state index contributed by atoms with van der Waals surface area (Å²) in [6, 6.07) is 9.74. The second-order valence-corrected chi connectivity index (χ2v) is 4.63. The van der Waals surface area contributed by atoms with Crippen LogP contribution in [0.5, 0.6) is 5.75 Å². The summed E-state index contributed by atoms with van der Waals surface area (Å²) in [6.45, 7) is 0. The lowest BCUT2D eigenvalue weighted by Gasteiger charge is -2.13. The molecule has 0 aromatic heterocycles. The summed E-state index contributed by atoms with van der Waals surface area (Å²) in [4.78, 5) is 25.3. The van der Waals surface area contributed by atoms with Crippen molar-refractivity contribution in [2.45, 2.75) is 6.04 Å². The lowest BCUT2D eigenvalue weighted by Crippen LogP contribution is -2.30. The van der Waals surface area contributed by atoms with Gasteiger partial charge >= 0.3 is 6.03 Å². The Morgan fingerprint density at radius 2 is 1.81 bits per heavy atom. The molecule has 2 aromatic carbocycles. The smallest absolute Gasteiger partial charge is 0.329 e. The number of hydrogen-bond acceptors (Lipinski definition) is 3. The zero-order chi connectivity index (χ0) is 15.0. The predicted octanol–water partition coefficient (Wildman–Crippen LogP) is 2.33. The number of halogens is 1. The number of imide groups is 1. The van der Waals surface area contributed by atoms with E-state index in [0.717, 1.165) is 4.90 Å². The van der Waals surface area contributed by atoms with E-state index < -0.39 is 23.8 Å². The highest BCUT2D eigenvalue weighted by atomic mass is 19.1. The van der Waals surface area contributed by atoms with Gasteiger partial charge in [0.05, 0.1) is 5.69 Å². The van der Waals surface area contributed by atoms with E-state index in [9.17, 15) is 19.1 Å². The van der Waals surface area contributed by atoms with Crippen LogP contribution in [0.15, 0.2) is 48.5 Å². The third-order valence-corrected chi connectivity index (χ3v) is 3.23. The highest BCUT2D eigenvalue weighted by Crippen LogP contribution is 2.28. The number of amides is 3. The van der Waals surface area contributed by atoms with Gasteiger partial charge in [-0.05, 0) is 42.0 Å². The molecular weight excluding hydrogens is 275 g/mol. The fraction of sp³-hybridized carbons (Fsp3) is 0.0667. The maximum atomic E-state index is 12.9. The maximum Gasteiger partial charge on any atom is 0.329 e. The van der Waals surface area contributed by atoms with Gasteiger partial charge < -0.3 is 10.4 Å². The number of aromatic hydroxyl groups is 1. The number of rotatable bonds is 2. The average molecular weight is 286 g/mol. The van der Waals surface area contributed by atoms with Crippen LogP contribution in [0.4, 0.5) is 14.9 Å². The fourth-order valence-corrected chi connectivity index (χ4v) is 2.24. The lowest BCUT2D eigenvalue weighted by molar-refractivity contribution is -0.118. The Hall–Kier alpha value is -2.89. The number of carbonyl (C=O) groups is 2. The molecule has 5 nitrogen and oxygen atoms in total. The van der Waals surface area contributed by atoms with Crippen molar-refractivity contribution >= 4 is 17.6 Å². The number of benzene rings is 2. The monoisotopic (exact) mass is 286 g/mol. The summed E-state index contributed by atoms with van der Waals surface area (Å²) in [7, 11) is 0. The third kappa shape index (κ3) is 2.31. The molecule has 1 fully saturated rings. The standard InChI is InChI=1S/C15H11FN2O3/c16-10-4-6-11(7-5-10)18-14(20)13(17-15(18)21)9-2-1-3-12(19)8-9/h1-8,13,19H,(H,17,21). The normalized spacial score (nSPS) is 18.0. The summed E-state index contributed by atoms with van der Waals surface area (Å²) in [5.74, 6) is -0.915. The molecule has 1 heterocycles. The number of phenolic OH excluding ortho intramolecular Hbond substituents is 1. The van der Waals surface area contributed by atoms with Gasteiger partial charge in [-0.1, -0.05) is 12.1 Å². The Labute approximate surface area is 119 Å².